The third-order valence-electron chi connectivity index (χ3n) is 4.10. The van der Waals surface area contributed by atoms with Crippen LogP contribution in [-0.2, 0) is 20.4 Å². The molecule has 0 N–H and O–H groups in total. The molecule has 0 bridgehead atoms. The van der Waals surface area contributed by atoms with Gasteiger partial charge >= 0.3 is 20.4 Å². The molecule has 0 heterocycles. The maximum Gasteiger partial charge on any atom is 2.00 e. The molecule has 0 aliphatic heterocycles. The summed E-state index contributed by atoms with van der Waals surface area (Å²) >= 11 is 0. The second kappa shape index (κ2) is 14.5. The zero-order valence-corrected chi connectivity index (χ0v) is 25.5. The van der Waals surface area contributed by atoms with E-state index in [0.717, 1.165) is 0 Å². The molecule has 0 nitrogen and oxygen atoms in total. The van der Waals surface area contributed by atoms with Gasteiger partial charge in [0.2, 0.25) is 0 Å². The summed E-state index contributed by atoms with van der Waals surface area (Å²) in [5.41, 5.74) is 3.87. The summed E-state index contributed by atoms with van der Waals surface area (Å²) in [6.45, 7) is 36.1. The predicted molar refractivity (Wildman–Crippen MR) is 138 cm³/mol. The topological polar surface area (TPSA) is 0 Å². The second-order valence-corrected chi connectivity index (χ2v) is 12.3. The monoisotopic (exact) mass is 540 g/mol. The van der Waals surface area contributed by atoms with Crippen LogP contribution in [0, 0.1) is 33.5 Å². The summed E-state index contributed by atoms with van der Waals surface area (Å²) in [4.78, 5) is 0. The first-order valence-corrected chi connectivity index (χ1v) is 10.2. The largest absolute Gasteiger partial charge is 2.00 e. The fourth-order valence-corrected chi connectivity index (χ4v) is 3.69. The molecule has 0 saturated carbocycles. The van der Waals surface area contributed by atoms with Crippen LogP contribution >= 0.6 is 24.8 Å². The maximum atomic E-state index is 2.33. The van der Waals surface area contributed by atoms with E-state index in [2.05, 4.69) is 123 Å². The van der Waals surface area contributed by atoms with E-state index in [1.165, 1.54) is 23.0 Å². The van der Waals surface area contributed by atoms with Crippen LogP contribution in [0.15, 0.2) is 23.3 Å². The fraction of sp³-hybridized carbons (Fsp3) is 0.769. The van der Waals surface area contributed by atoms with Crippen molar-refractivity contribution in [1.82, 2.24) is 0 Å². The van der Waals surface area contributed by atoms with Crippen LogP contribution in [0.1, 0.15) is 111 Å². The van der Waals surface area contributed by atoms with Crippen molar-refractivity contribution in [1.29, 1.82) is 0 Å². The fourth-order valence-electron chi connectivity index (χ4n) is 3.69. The summed E-state index contributed by atoms with van der Waals surface area (Å²) < 4.78 is 0. The van der Waals surface area contributed by atoms with E-state index in [0.29, 0.717) is 0 Å². The van der Waals surface area contributed by atoms with Gasteiger partial charge < -0.3 is 0 Å². The van der Waals surface area contributed by atoms with Crippen molar-refractivity contribution in [3.63, 3.8) is 0 Å². The summed E-state index contributed by atoms with van der Waals surface area (Å²) in [5, 5.41) is 0. The van der Waals surface area contributed by atoms with Gasteiger partial charge in [-0.1, -0.05) is 105 Å². The van der Waals surface area contributed by atoms with E-state index in [1.54, 1.807) is 0 Å². The summed E-state index contributed by atoms with van der Waals surface area (Å²) in [6, 6.07) is 0. The van der Waals surface area contributed by atoms with Crippen molar-refractivity contribution in [2.75, 3.05) is 0 Å². The molecule has 0 atom stereocenters. The third-order valence-corrected chi connectivity index (χ3v) is 4.10. The molecule has 0 aromatic carbocycles. The van der Waals surface area contributed by atoms with Gasteiger partial charge in [-0.2, -0.15) is 0 Å². The zero-order chi connectivity index (χ0) is 21.7. The van der Waals surface area contributed by atoms with Gasteiger partial charge in [0.25, 0.3) is 0 Å². The molecule has 0 aliphatic carbocycles. The van der Waals surface area contributed by atoms with E-state index in [4.69, 9.17) is 0 Å². The normalized spacial score (nSPS) is 11.3. The van der Waals surface area contributed by atoms with Crippen LogP contribution in [0.4, 0.5) is 0 Å². The molecular weight excluding hydrogens is 490 g/mol. The van der Waals surface area contributed by atoms with Gasteiger partial charge in [-0.3, -0.25) is 0 Å². The molecule has 0 rings (SSSR count). The van der Waals surface area contributed by atoms with Gasteiger partial charge in [-0.25, -0.2) is 35.1 Å². The number of rotatable bonds is 2. The standard InChI is InChI=1S/2C13H25.2ClH.Pd/c2*1-10(2)9-11(12(3,4)5)13(6,7)8;;;/h2*9H,1-8H3;2*1H;/q2*-1;;;+2. The smallest absolute Gasteiger partial charge is 0.225 e. The van der Waals surface area contributed by atoms with Crippen LogP contribution in [0.3, 0.4) is 0 Å². The zero-order valence-electron chi connectivity index (χ0n) is 22.3. The second-order valence-electron chi connectivity index (χ2n) is 12.3. The first-order valence-electron chi connectivity index (χ1n) is 10.2. The Hall–Kier alpha value is 0.462. The van der Waals surface area contributed by atoms with E-state index >= 15 is 0 Å². The Kier molecular flexibility index (Phi) is 20.0. The number of hydrogen-bond donors (Lipinski definition) is 0. The van der Waals surface area contributed by atoms with Crippen molar-refractivity contribution in [2.24, 2.45) is 21.7 Å². The minimum atomic E-state index is 0. The van der Waals surface area contributed by atoms with Crippen molar-refractivity contribution in [3.05, 3.63) is 35.1 Å². The Balaban J connectivity index is -0.000000120. The van der Waals surface area contributed by atoms with Crippen molar-refractivity contribution >= 4 is 24.8 Å². The SMILES string of the molecule is CC(C)=C[C-](C(C)(C)C)C(C)(C)C.CC(C)=C[C-](C(C)(C)C)C(C)(C)C.Cl.Cl.[Pd+2]. The molecule has 0 aromatic heterocycles. The first-order chi connectivity index (χ1) is 11.1. The van der Waals surface area contributed by atoms with Gasteiger partial charge in [0.05, 0.1) is 0 Å². The van der Waals surface area contributed by atoms with E-state index in [-0.39, 0.29) is 66.9 Å². The predicted octanol–water partition coefficient (Wildman–Crippen LogP) is 10.1. The quantitative estimate of drug-likeness (QED) is 0.241. The summed E-state index contributed by atoms with van der Waals surface area (Å²) in [7, 11) is 0. The molecule has 180 valence electrons. The Morgan fingerprint density at radius 2 is 0.586 bits per heavy atom. The molecule has 0 aromatic rings. The molecule has 0 aliphatic rings. The average molecular weight is 542 g/mol. The molecule has 0 unspecified atom stereocenters. The van der Waals surface area contributed by atoms with Crippen LogP contribution in [0.25, 0.3) is 0 Å². The van der Waals surface area contributed by atoms with Gasteiger partial charge in [0.1, 0.15) is 0 Å². The summed E-state index contributed by atoms with van der Waals surface area (Å²) in [6.07, 6.45) is 4.67. The number of allylic oxidation sites excluding steroid dienone is 4. The Morgan fingerprint density at radius 1 is 0.448 bits per heavy atom. The molecular formula is C26H52Cl2Pd. The number of hydrogen-bond acceptors (Lipinski definition) is 0. The molecule has 0 radical (unpaired) electrons. The van der Waals surface area contributed by atoms with Crippen LogP contribution in [-0.4, -0.2) is 0 Å². The van der Waals surface area contributed by atoms with Gasteiger partial charge in [-0.15, -0.1) is 52.5 Å². The molecule has 0 saturated heterocycles. The molecule has 3 heteroatoms. The van der Waals surface area contributed by atoms with Crippen molar-refractivity contribution in [3.8, 4) is 0 Å². The molecule has 0 fully saturated rings. The van der Waals surface area contributed by atoms with Gasteiger partial charge in [0, 0.05) is 0 Å². The van der Waals surface area contributed by atoms with Gasteiger partial charge in [0.15, 0.2) is 0 Å². The van der Waals surface area contributed by atoms with Crippen molar-refractivity contribution < 1.29 is 20.4 Å². The Labute approximate surface area is 212 Å². The Bertz CT molecular complexity index is 393. The van der Waals surface area contributed by atoms with E-state index in [9.17, 15) is 0 Å². The maximum absolute atomic E-state index is 2.33. The van der Waals surface area contributed by atoms with E-state index < -0.39 is 0 Å². The van der Waals surface area contributed by atoms with Gasteiger partial charge in [-0.05, 0) is 0 Å². The molecule has 0 amide bonds. The van der Waals surface area contributed by atoms with Crippen molar-refractivity contribution in [2.45, 2.75) is 111 Å². The van der Waals surface area contributed by atoms with Crippen LogP contribution in [0.2, 0.25) is 0 Å². The minimum absolute atomic E-state index is 0. The minimum Gasteiger partial charge on any atom is -0.225 e. The van der Waals surface area contributed by atoms with Crippen LogP contribution < -0.4 is 0 Å². The molecule has 0 spiro atoms. The molecule has 29 heavy (non-hydrogen) atoms. The number of halogens is 2. The van der Waals surface area contributed by atoms with Crippen LogP contribution in [0.5, 0.6) is 0 Å². The van der Waals surface area contributed by atoms with E-state index in [1.807, 2.05) is 0 Å². The Morgan fingerprint density at radius 3 is 0.621 bits per heavy atom. The first kappa shape index (κ1) is 39.9. The third kappa shape index (κ3) is 18.9. The average Bonchev–Trinajstić information content (AvgIpc) is 2.28. The summed E-state index contributed by atoms with van der Waals surface area (Å²) in [5.74, 6) is 3.06.